The van der Waals surface area contributed by atoms with E-state index in [1.807, 2.05) is 38.1 Å². The third-order valence-corrected chi connectivity index (χ3v) is 4.16. The highest BCUT2D eigenvalue weighted by atomic mass is 32.2. The highest BCUT2D eigenvalue weighted by Gasteiger charge is 2.27. The summed E-state index contributed by atoms with van der Waals surface area (Å²) in [6, 6.07) is 7.79. The van der Waals surface area contributed by atoms with Crippen LogP contribution in [-0.2, 0) is 16.5 Å². The van der Waals surface area contributed by atoms with E-state index in [2.05, 4.69) is 0 Å². The molecule has 17 heavy (non-hydrogen) atoms. The maximum atomic E-state index is 11.4. The largest absolute Gasteiger partial charge is 0.290 e. The molecule has 0 atom stereocenters. The molecule has 0 radical (unpaired) electrons. The zero-order valence-corrected chi connectivity index (χ0v) is 10.8. The molecule has 0 saturated heterocycles. The Labute approximate surface area is 102 Å². The molecule has 4 heteroatoms. The van der Waals surface area contributed by atoms with Crippen molar-refractivity contribution in [2.75, 3.05) is 0 Å². The van der Waals surface area contributed by atoms with E-state index in [1.54, 1.807) is 0 Å². The Morgan fingerprint density at radius 1 is 1.18 bits per heavy atom. The van der Waals surface area contributed by atoms with Gasteiger partial charge in [-0.05, 0) is 35.5 Å². The van der Waals surface area contributed by atoms with E-state index in [-0.39, 0.29) is 10.8 Å². The number of hydrogen-bond acceptors (Lipinski definition) is 2. The van der Waals surface area contributed by atoms with Gasteiger partial charge in [-0.2, -0.15) is 8.42 Å². The van der Waals surface area contributed by atoms with Gasteiger partial charge in [-0.15, -0.1) is 0 Å². The van der Waals surface area contributed by atoms with Gasteiger partial charge in [-0.3, -0.25) is 4.55 Å². The molecule has 0 fully saturated rings. The third-order valence-electron chi connectivity index (χ3n) is 3.12. The lowest BCUT2D eigenvalue weighted by Gasteiger charge is -2.24. The summed E-state index contributed by atoms with van der Waals surface area (Å²) in [6.45, 7) is 3.89. The Hall–Kier alpha value is -1.13. The van der Waals surface area contributed by atoms with Gasteiger partial charge in [-0.25, -0.2) is 0 Å². The number of benzene rings is 1. The van der Waals surface area contributed by atoms with Crippen molar-refractivity contribution >= 4 is 15.7 Å². The molecule has 1 aromatic rings. The van der Waals surface area contributed by atoms with E-state index in [0.717, 1.165) is 16.7 Å². The molecular formula is C13H16O3S. The van der Waals surface area contributed by atoms with Gasteiger partial charge in [0.1, 0.15) is 0 Å². The van der Waals surface area contributed by atoms with Gasteiger partial charge >= 0.3 is 0 Å². The average molecular weight is 252 g/mol. The molecule has 1 aliphatic carbocycles. The van der Waals surface area contributed by atoms with Crippen molar-refractivity contribution in [1.29, 1.82) is 0 Å². The van der Waals surface area contributed by atoms with Crippen molar-refractivity contribution in [2.45, 2.75) is 26.7 Å². The fourth-order valence-electron chi connectivity index (χ4n) is 2.44. The lowest BCUT2D eigenvalue weighted by molar-refractivity contribution is 0.488. The first kappa shape index (κ1) is 12.3. The molecule has 0 aromatic heterocycles. The second-order valence-corrected chi connectivity index (χ2v) is 6.07. The molecule has 0 bridgehead atoms. The molecule has 0 spiro atoms. The Morgan fingerprint density at radius 2 is 1.82 bits per heavy atom. The zero-order valence-electron chi connectivity index (χ0n) is 9.97. The number of allylic oxidation sites excluding steroid dienone is 2. The van der Waals surface area contributed by atoms with Crippen LogP contribution in [-0.4, -0.2) is 13.0 Å². The van der Waals surface area contributed by atoms with Crippen molar-refractivity contribution in [2.24, 2.45) is 5.92 Å². The highest BCUT2D eigenvalue weighted by Crippen LogP contribution is 2.37. The maximum absolute atomic E-state index is 11.4. The van der Waals surface area contributed by atoms with Crippen molar-refractivity contribution in [3.8, 4) is 0 Å². The topological polar surface area (TPSA) is 54.4 Å². The lowest BCUT2D eigenvalue weighted by Crippen LogP contribution is -2.15. The van der Waals surface area contributed by atoms with Crippen LogP contribution in [0.5, 0.6) is 0 Å². The van der Waals surface area contributed by atoms with Crippen LogP contribution in [0, 0.1) is 5.92 Å². The molecule has 0 unspecified atom stereocenters. The van der Waals surface area contributed by atoms with Crippen molar-refractivity contribution < 1.29 is 13.0 Å². The SMILES string of the molecule is CC(C)C1=C(S(=O)(=O)O)CCc2ccccc21. The van der Waals surface area contributed by atoms with Gasteiger partial charge in [0, 0.05) is 0 Å². The van der Waals surface area contributed by atoms with Crippen LogP contribution in [0.2, 0.25) is 0 Å². The smallest absolute Gasteiger partial charge is 0.282 e. The Balaban J connectivity index is 2.72. The Kier molecular flexibility index (Phi) is 3.10. The van der Waals surface area contributed by atoms with Gasteiger partial charge in [0.15, 0.2) is 0 Å². The molecule has 92 valence electrons. The van der Waals surface area contributed by atoms with Crippen LogP contribution in [0.25, 0.3) is 5.57 Å². The maximum Gasteiger partial charge on any atom is 0.290 e. The molecule has 3 nitrogen and oxygen atoms in total. The standard InChI is InChI=1S/C13H16O3S/c1-9(2)13-11-6-4-3-5-10(11)7-8-12(13)17(14,15)16/h3-6,9H,7-8H2,1-2H3,(H,14,15,16). The number of fused-ring (bicyclic) bond motifs is 1. The van der Waals surface area contributed by atoms with Crippen LogP contribution in [0.4, 0.5) is 0 Å². The predicted octanol–water partition coefficient (Wildman–Crippen LogP) is 2.89. The van der Waals surface area contributed by atoms with E-state index in [9.17, 15) is 13.0 Å². The lowest BCUT2D eigenvalue weighted by atomic mass is 9.85. The second kappa shape index (κ2) is 4.27. The fraction of sp³-hybridized carbons (Fsp3) is 0.385. The van der Waals surface area contributed by atoms with Gasteiger partial charge in [-0.1, -0.05) is 38.1 Å². The minimum absolute atomic E-state index is 0.0772. The molecule has 1 aliphatic rings. The summed E-state index contributed by atoms with van der Waals surface area (Å²) in [5, 5.41) is 0. The average Bonchev–Trinajstić information content (AvgIpc) is 2.26. The molecule has 0 saturated carbocycles. The normalized spacial score (nSPS) is 16.2. The van der Waals surface area contributed by atoms with E-state index in [0.29, 0.717) is 12.8 Å². The molecule has 1 aromatic carbocycles. The quantitative estimate of drug-likeness (QED) is 0.823. The molecule has 0 heterocycles. The first-order valence-electron chi connectivity index (χ1n) is 5.70. The monoisotopic (exact) mass is 252 g/mol. The summed E-state index contributed by atoms with van der Waals surface area (Å²) in [6.07, 6.45) is 1.06. The minimum atomic E-state index is -4.08. The van der Waals surface area contributed by atoms with E-state index in [4.69, 9.17) is 0 Å². The summed E-state index contributed by atoms with van der Waals surface area (Å²) in [5.74, 6) is 0.0772. The van der Waals surface area contributed by atoms with Gasteiger partial charge in [0.2, 0.25) is 0 Å². The zero-order chi connectivity index (χ0) is 12.6. The summed E-state index contributed by atoms with van der Waals surface area (Å²) in [5.41, 5.74) is 2.87. The first-order valence-corrected chi connectivity index (χ1v) is 7.14. The molecular weight excluding hydrogens is 236 g/mol. The van der Waals surface area contributed by atoms with Crippen molar-refractivity contribution in [3.63, 3.8) is 0 Å². The van der Waals surface area contributed by atoms with E-state index in [1.165, 1.54) is 0 Å². The summed E-state index contributed by atoms with van der Waals surface area (Å²) < 4.78 is 32.1. The number of aryl methyl sites for hydroxylation is 1. The minimum Gasteiger partial charge on any atom is -0.282 e. The molecule has 0 amide bonds. The van der Waals surface area contributed by atoms with E-state index >= 15 is 0 Å². The number of rotatable bonds is 2. The van der Waals surface area contributed by atoms with Crippen LogP contribution in [0.1, 0.15) is 31.4 Å². The first-order chi connectivity index (χ1) is 7.91. The Morgan fingerprint density at radius 3 is 2.41 bits per heavy atom. The van der Waals surface area contributed by atoms with Crippen LogP contribution >= 0.6 is 0 Å². The highest BCUT2D eigenvalue weighted by molar-refractivity contribution is 7.90. The van der Waals surface area contributed by atoms with Gasteiger partial charge < -0.3 is 0 Å². The van der Waals surface area contributed by atoms with Gasteiger partial charge in [0.25, 0.3) is 10.1 Å². The number of hydrogen-bond donors (Lipinski definition) is 1. The fourth-order valence-corrected chi connectivity index (χ4v) is 3.42. The third kappa shape index (κ3) is 2.28. The van der Waals surface area contributed by atoms with Crippen LogP contribution < -0.4 is 0 Å². The summed E-state index contributed by atoms with van der Waals surface area (Å²) >= 11 is 0. The van der Waals surface area contributed by atoms with Crippen LogP contribution in [0.15, 0.2) is 29.2 Å². The van der Waals surface area contributed by atoms with Crippen molar-refractivity contribution in [1.82, 2.24) is 0 Å². The van der Waals surface area contributed by atoms with Gasteiger partial charge in [0.05, 0.1) is 4.91 Å². The summed E-state index contributed by atoms with van der Waals surface area (Å²) in [4.78, 5) is 0.186. The summed E-state index contributed by atoms with van der Waals surface area (Å²) in [7, 11) is -4.08. The van der Waals surface area contributed by atoms with Crippen molar-refractivity contribution in [3.05, 3.63) is 40.3 Å². The second-order valence-electron chi connectivity index (χ2n) is 4.62. The molecule has 0 aliphatic heterocycles. The van der Waals surface area contributed by atoms with E-state index < -0.39 is 10.1 Å². The predicted molar refractivity (Wildman–Crippen MR) is 68.1 cm³/mol. The molecule has 2 rings (SSSR count). The molecule has 1 N–H and O–H groups in total. The van der Waals surface area contributed by atoms with Crippen LogP contribution in [0.3, 0.4) is 0 Å². The Bertz CT molecular complexity index is 568.